The van der Waals surface area contributed by atoms with Crippen molar-refractivity contribution in [2.24, 2.45) is 16.6 Å². The van der Waals surface area contributed by atoms with E-state index < -0.39 is 0 Å². The third-order valence-corrected chi connectivity index (χ3v) is 1.62. The second-order valence-electron chi connectivity index (χ2n) is 2.81. The predicted molar refractivity (Wildman–Crippen MR) is 59.5 cm³/mol. The lowest BCUT2D eigenvalue weighted by Crippen LogP contribution is -2.63. The van der Waals surface area contributed by atoms with E-state index in [-0.39, 0.29) is 5.96 Å². The lowest BCUT2D eigenvalue weighted by atomic mass is 10.2. The van der Waals surface area contributed by atoms with E-state index in [1.165, 1.54) is 0 Å². The van der Waals surface area contributed by atoms with E-state index in [0.717, 1.165) is 11.3 Å². The van der Waals surface area contributed by atoms with E-state index in [9.17, 15) is 0 Å². The summed E-state index contributed by atoms with van der Waals surface area (Å²) in [6.45, 7) is 2.61. The monoisotopic (exact) mass is 207 g/mol. The van der Waals surface area contributed by atoms with E-state index in [1.807, 2.05) is 31.2 Å². The van der Waals surface area contributed by atoms with Crippen molar-refractivity contribution < 1.29 is 9.84 Å². The largest absolute Gasteiger partial charge is 0.494 e. The highest BCUT2D eigenvalue weighted by Crippen LogP contribution is 2.09. The highest BCUT2D eigenvalue weighted by Gasteiger charge is 1.94. The minimum atomic E-state index is -0.00261. The zero-order valence-electron chi connectivity index (χ0n) is 8.60. The van der Waals surface area contributed by atoms with Crippen molar-refractivity contribution in [3.63, 3.8) is 0 Å². The molecule has 0 saturated heterocycles. The van der Waals surface area contributed by atoms with Gasteiger partial charge < -0.3 is 16.2 Å². The van der Waals surface area contributed by atoms with Gasteiger partial charge in [0.15, 0.2) is 0 Å². The van der Waals surface area contributed by atoms with Gasteiger partial charge in [0.25, 0.3) is 5.96 Å². The van der Waals surface area contributed by atoms with Crippen LogP contribution < -0.4 is 21.3 Å². The summed E-state index contributed by atoms with van der Waals surface area (Å²) >= 11 is 0. The standard InChI is InChI=1S/C10H14N4O/c1-2-15-9-5-3-8(4-6-9)7-13-14-10(11)12/h3-7H,2H2,1H3,(H4,11,12,14)/p+1/b13-7+. The molecule has 1 rings (SSSR count). The van der Waals surface area contributed by atoms with Crippen molar-refractivity contribution in [2.75, 3.05) is 6.61 Å². The maximum absolute atomic E-state index is 5.30. The molecule has 0 heterocycles. The average Bonchev–Trinajstić information content (AvgIpc) is 2.20. The first-order chi connectivity index (χ1) is 7.22. The number of rotatable bonds is 4. The van der Waals surface area contributed by atoms with Gasteiger partial charge in [0.2, 0.25) is 6.21 Å². The molecule has 1 aromatic rings. The van der Waals surface area contributed by atoms with Crippen LogP contribution in [0.25, 0.3) is 0 Å². The minimum Gasteiger partial charge on any atom is -0.494 e. The molecule has 15 heavy (non-hydrogen) atoms. The van der Waals surface area contributed by atoms with Gasteiger partial charge in [-0.3, -0.25) is 0 Å². The van der Waals surface area contributed by atoms with Gasteiger partial charge in [-0.05, 0) is 31.2 Å². The molecule has 0 aromatic heterocycles. The summed E-state index contributed by atoms with van der Waals surface area (Å²) in [6.07, 6.45) is 1.69. The molecular weight excluding hydrogens is 192 g/mol. The Kier molecular flexibility index (Phi) is 4.15. The van der Waals surface area contributed by atoms with Crippen LogP contribution in [0.2, 0.25) is 0 Å². The summed E-state index contributed by atoms with van der Waals surface area (Å²) in [5, 5.41) is 6.24. The molecule has 0 aliphatic rings. The summed E-state index contributed by atoms with van der Waals surface area (Å²) in [5.74, 6) is 0.841. The first kappa shape index (κ1) is 11.0. The van der Waals surface area contributed by atoms with E-state index in [1.54, 1.807) is 6.21 Å². The minimum absolute atomic E-state index is 0.00261. The van der Waals surface area contributed by atoms with Crippen molar-refractivity contribution in [3.05, 3.63) is 29.8 Å². The second kappa shape index (κ2) is 5.64. The maximum atomic E-state index is 5.30. The predicted octanol–water partition coefficient (Wildman–Crippen LogP) is -1.23. The molecule has 0 unspecified atom stereocenters. The molecule has 0 atom stereocenters. The molecule has 0 spiro atoms. The Bertz CT molecular complexity index is 352. The van der Waals surface area contributed by atoms with Crippen LogP contribution in [-0.2, 0) is 0 Å². The zero-order chi connectivity index (χ0) is 11.1. The first-order valence-electron chi connectivity index (χ1n) is 4.62. The number of hydrogen-bond acceptors (Lipinski definition) is 2. The van der Waals surface area contributed by atoms with Crippen molar-refractivity contribution in [2.45, 2.75) is 6.92 Å². The molecule has 5 heteroatoms. The van der Waals surface area contributed by atoms with Crippen molar-refractivity contribution in [1.29, 1.82) is 0 Å². The molecule has 80 valence electrons. The van der Waals surface area contributed by atoms with Crippen molar-refractivity contribution in [1.82, 2.24) is 0 Å². The van der Waals surface area contributed by atoms with Crippen molar-refractivity contribution >= 4 is 12.2 Å². The fraction of sp³-hybridized carbons (Fsp3) is 0.200. The fourth-order valence-electron chi connectivity index (χ4n) is 1.01. The molecule has 1 aromatic carbocycles. The van der Waals surface area contributed by atoms with Crippen LogP contribution in [0.3, 0.4) is 0 Å². The number of nitrogens with one attached hydrogen (secondary N) is 1. The number of nitrogens with two attached hydrogens (primary N) is 2. The SMILES string of the molecule is CCOc1ccc(/C=[NH+]/N=C(N)N)cc1. The number of benzene rings is 1. The normalized spacial score (nSPS) is 10.2. The summed E-state index contributed by atoms with van der Waals surface area (Å²) in [4.78, 5) is 0. The fourth-order valence-corrected chi connectivity index (χ4v) is 1.01. The Hall–Kier alpha value is -2.04. The molecule has 0 radical (unpaired) electrons. The third kappa shape index (κ3) is 4.12. The van der Waals surface area contributed by atoms with Gasteiger partial charge in [0.1, 0.15) is 5.75 Å². The summed E-state index contributed by atoms with van der Waals surface area (Å²) < 4.78 is 5.30. The van der Waals surface area contributed by atoms with Crippen molar-refractivity contribution in [3.8, 4) is 5.75 Å². The molecule has 0 amide bonds. The number of hydrazone groups is 1. The third-order valence-electron chi connectivity index (χ3n) is 1.62. The van der Waals surface area contributed by atoms with Crippen LogP contribution in [0, 0.1) is 0 Å². The van der Waals surface area contributed by atoms with Gasteiger partial charge in [-0.2, -0.15) is 0 Å². The number of ether oxygens (including phenoxy) is 1. The molecule has 5 nitrogen and oxygen atoms in total. The Morgan fingerprint density at radius 2 is 2.07 bits per heavy atom. The topological polar surface area (TPSA) is 87.6 Å². The first-order valence-corrected chi connectivity index (χ1v) is 4.62. The van der Waals surface area contributed by atoms with Gasteiger partial charge in [-0.1, -0.05) is 0 Å². The van der Waals surface area contributed by atoms with E-state index in [0.29, 0.717) is 6.61 Å². The molecule has 0 saturated carbocycles. The lowest BCUT2D eigenvalue weighted by Gasteiger charge is -2.00. The maximum Gasteiger partial charge on any atom is 0.256 e. The van der Waals surface area contributed by atoms with Crippen LogP contribution in [0.15, 0.2) is 29.4 Å². The molecule has 5 N–H and O–H groups in total. The van der Waals surface area contributed by atoms with Gasteiger partial charge in [-0.15, -0.1) is 5.10 Å². The highest BCUT2D eigenvalue weighted by molar-refractivity contribution is 5.77. The Labute approximate surface area is 88.4 Å². The molecule has 0 fully saturated rings. The summed E-state index contributed by atoms with van der Waals surface area (Å²) in [7, 11) is 0. The Morgan fingerprint density at radius 1 is 1.40 bits per heavy atom. The Balaban J connectivity index is 2.64. The quantitative estimate of drug-likeness (QED) is 0.328. The molecular formula is C10H15N4O+. The Morgan fingerprint density at radius 3 is 2.60 bits per heavy atom. The van der Waals surface area contributed by atoms with Crippen LogP contribution in [0.1, 0.15) is 12.5 Å². The van der Waals surface area contributed by atoms with E-state index >= 15 is 0 Å². The van der Waals surface area contributed by atoms with Crippen LogP contribution in [0.5, 0.6) is 5.75 Å². The van der Waals surface area contributed by atoms with Gasteiger partial charge in [-0.25, -0.2) is 0 Å². The van der Waals surface area contributed by atoms with E-state index in [4.69, 9.17) is 16.2 Å². The average molecular weight is 207 g/mol. The number of hydrogen-bond donors (Lipinski definition) is 3. The number of guanidine groups is 1. The summed E-state index contributed by atoms with van der Waals surface area (Å²) in [5.41, 5.74) is 11.3. The lowest BCUT2D eigenvalue weighted by molar-refractivity contribution is -0.456. The van der Waals surface area contributed by atoms with Gasteiger partial charge in [0, 0.05) is 10.7 Å². The summed E-state index contributed by atoms with van der Waals surface area (Å²) in [6, 6.07) is 7.57. The van der Waals surface area contributed by atoms with Crippen LogP contribution in [0.4, 0.5) is 0 Å². The van der Waals surface area contributed by atoms with Crippen LogP contribution >= 0.6 is 0 Å². The highest BCUT2D eigenvalue weighted by atomic mass is 16.5. The van der Waals surface area contributed by atoms with Crippen LogP contribution in [-0.4, -0.2) is 18.8 Å². The number of nitrogens with zero attached hydrogens (tertiary/aromatic N) is 1. The molecule has 0 aliphatic heterocycles. The molecule has 0 bridgehead atoms. The van der Waals surface area contributed by atoms with Gasteiger partial charge >= 0.3 is 0 Å². The van der Waals surface area contributed by atoms with E-state index in [2.05, 4.69) is 10.2 Å². The smallest absolute Gasteiger partial charge is 0.256 e. The second-order valence-corrected chi connectivity index (χ2v) is 2.81. The molecule has 0 aliphatic carbocycles. The zero-order valence-corrected chi connectivity index (χ0v) is 8.60. The van der Waals surface area contributed by atoms with Gasteiger partial charge in [0.05, 0.1) is 6.61 Å².